The molecule has 0 bridgehead atoms. The third-order valence-corrected chi connectivity index (χ3v) is 2.69. The second kappa shape index (κ2) is 5.03. The minimum Gasteiger partial charge on any atom is -0.496 e. The van der Waals surface area contributed by atoms with E-state index in [0.717, 1.165) is 19.2 Å². The first kappa shape index (κ1) is 14.2. The van der Waals surface area contributed by atoms with Crippen LogP contribution in [0.5, 0.6) is 5.75 Å². The number of benzene rings is 1. The largest absolute Gasteiger partial charge is 0.496 e. The summed E-state index contributed by atoms with van der Waals surface area (Å²) in [5.74, 6) is -1.63. The SMILES string of the molecule is COc1ccc(C2=N[C@H](C(=O)O)CO2)cc1C(F)(F)F. The zero-order valence-electron chi connectivity index (χ0n) is 10.3. The summed E-state index contributed by atoms with van der Waals surface area (Å²) in [5.41, 5.74) is -0.913. The van der Waals surface area contributed by atoms with Gasteiger partial charge in [0.2, 0.25) is 5.90 Å². The molecule has 1 atom stereocenters. The minimum absolute atomic E-state index is 0.0573. The number of aliphatic imine (C=N–C) groups is 1. The molecule has 20 heavy (non-hydrogen) atoms. The number of carboxylic acid groups (broad SMARTS) is 1. The summed E-state index contributed by atoms with van der Waals surface area (Å²) in [5, 5.41) is 8.76. The number of nitrogens with zero attached hydrogens (tertiary/aromatic N) is 1. The summed E-state index contributed by atoms with van der Waals surface area (Å²) >= 11 is 0. The van der Waals surface area contributed by atoms with Crippen LogP contribution in [-0.2, 0) is 15.7 Å². The van der Waals surface area contributed by atoms with Gasteiger partial charge in [0, 0.05) is 5.56 Å². The number of aliphatic carboxylic acids is 1. The Hall–Kier alpha value is -2.25. The molecule has 0 saturated carbocycles. The summed E-state index contributed by atoms with van der Waals surface area (Å²) in [7, 11) is 1.13. The van der Waals surface area contributed by atoms with Crippen molar-refractivity contribution in [2.24, 2.45) is 4.99 Å². The number of carbonyl (C=O) groups is 1. The van der Waals surface area contributed by atoms with Gasteiger partial charge in [0.1, 0.15) is 12.4 Å². The second-order valence-electron chi connectivity index (χ2n) is 4.01. The van der Waals surface area contributed by atoms with Gasteiger partial charge in [0.05, 0.1) is 12.7 Å². The zero-order valence-corrected chi connectivity index (χ0v) is 10.3. The first-order valence-corrected chi connectivity index (χ1v) is 5.52. The fourth-order valence-electron chi connectivity index (χ4n) is 1.72. The Morgan fingerprint density at radius 2 is 2.20 bits per heavy atom. The van der Waals surface area contributed by atoms with E-state index in [1.54, 1.807) is 0 Å². The van der Waals surface area contributed by atoms with E-state index in [-0.39, 0.29) is 23.8 Å². The van der Waals surface area contributed by atoms with Crippen molar-refractivity contribution in [3.8, 4) is 5.75 Å². The highest BCUT2D eigenvalue weighted by atomic mass is 19.4. The van der Waals surface area contributed by atoms with E-state index in [4.69, 9.17) is 9.84 Å². The zero-order chi connectivity index (χ0) is 14.9. The number of hydrogen-bond acceptors (Lipinski definition) is 4. The molecule has 5 nitrogen and oxygen atoms in total. The fraction of sp³-hybridized carbons (Fsp3) is 0.333. The molecule has 0 amide bonds. The summed E-state index contributed by atoms with van der Waals surface area (Å²) in [4.78, 5) is 14.4. The smallest absolute Gasteiger partial charge is 0.419 e. The molecular formula is C12H10F3NO4. The molecule has 0 unspecified atom stereocenters. The number of hydrogen-bond donors (Lipinski definition) is 1. The number of rotatable bonds is 3. The Kier molecular flexibility index (Phi) is 3.56. The summed E-state index contributed by atoms with van der Waals surface area (Å²) < 4.78 is 48.2. The summed E-state index contributed by atoms with van der Waals surface area (Å²) in [6, 6.07) is 2.19. The lowest BCUT2D eigenvalue weighted by Crippen LogP contribution is -2.18. The molecule has 1 heterocycles. The molecule has 8 heteroatoms. The number of methoxy groups -OCH3 is 1. The standard InChI is InChI=1S/C12H10F3NO4/c1-19-9-3-2-6(4-7(9)12(13,14)15)10-16-8(5-20-10)11(17)18/h2-4,8H,5H2,1H3,(H,17,18)/t8-/m0/s1. The number of alkyl halides is 3. The molecule has 0 radical (unpaired) electrons. The normalized spacial score (nSPS) is 18.4. The van der Waals surface area contributed by atoms with Gasteiger partial charge in [-0.05, 0) is 18.2 Å². The van der Waals surface area contributed by atoms with Gasteiger partial charge < -0.3 is 14.6 Å². The number of halogens is 3. The van der Waals surface area contributed by atoms with Gasteiger partial charge in [0.25, 0.3) is 0 Å². The second-order valence-corrected chi connectivity index (χ2v) is 4.01. The predicted octanol–water partition coefficient (Wildman–Crippen LogP) is 1.94. The van der Waals surface area contributed by atoms with Crippen LogP contribution in [0.15, 0.2) is 23.2 Å². The maximum Gasteiger partial charge on any atom is 0.419 e. The maximum absolute atomic E-state index is 12.9. The van der Waals surface area contributed by atoms with E-state index in [9.17, 15) is 18.0 Å². The quantitative estimate of drug-likeness (QED) is 0.923. The summed E-state index contributed by atoms with van der Waals surface area (Å²) in [6.45, 7) is -0.196. The molecule has 108 valence electrons. The van der Waals surface area contributed by atoms with Gasteiger partial charge in [-0.3, -0.25) is 0 Å². The highest BCUT2D eigenvalue weighted by molar-refractivity contribution is 5.97. The highest BCUT2D eigenvalue weighted by Gasteiger charge is 2.35. The van der Waals surface area contributed by atoms with Crippen molar-refractivity contribution in [1.82, 2.24) is 0 Å². The van der Waals surface area contributed by atoms with Gasteiger partial charge in [-0.2, -0.15) is 13.2 Å². The van der Waals surface area contributed by atoms with Gasteiger partial charge >= 0.3 is 12.1 Å². The van der Waals surface area contributed by atoms with E-state index in [1.807, 2.05) is 0 Å². The predicted molar refractivity (Wildman–Crippen MR) is 61.9 cm³/mol. The van der Waals surface area contributed by atoms with Crippen LogP contribution in [0.3, 0.4) is 0 Å². The van der Waals surface area contributed by atoms with Crippen LogP contribution in [0.2, 0.25) is 0 Å². The lowest BCUT2D eigenvalue weighted by Gasteiger charge is -2.13. The topological polar surface area (TPSA) is 68.1 Å². The van der Waals surface area contributed by atoms with Crippen LogP contribution in [0.25, 0.3) is 0 Å². The Bertz CT molecular complexity index is 568. The molecule has 0 aliphatic carbocycles. The van der Waals surface area contributed by atoms with Crippen molar-refractivity contribution in [2.75, 3.05) is 13.7 Å². The van der Waals surface area contributed by atoms with E-state index in [2.05, 4.69) is 9.73 Å². The van der Waals surface area contributed by atoms with Crippen molar-refractivity contribution >= 4 is 11.9 Å². The first-order chi connectivity index (χ1) is 9.32. The molecule has 0 spiro atoms. The van der Waals surface area contributed by atoms with Crippen molar-refractivity contribution < 1.29 is 32.5 Å². The number of ether oxygens (including phenoxy) is 2. The Balaban J connectivity index is 2.40. The summed E-state index contributed by atoms with van der Waals surface area (Å²) in [6.07, 6.45) is -4.59. The molecule has 2 rings (SSSR count). The van der Waals surface area contributed by atoms with Crippen LogP contribution in [0.1, 0.15) is 11.1 Å². The van der Waals surface area contributed by atoms with Crippen LogP contribution in [0, 0.1) is 0 Å². The van der Waals surface area contributed by atoms with E-state index in [1.165, 1.54) is 6.07 Å². The van der Waals surface area contributed by atoms with Crippen molar-refractivity contribution in [3.63, 3.8) is 0 Å². The first-order valence-electron chi connectivity index (χ1n) is 5.52. The molecule has 0 saturated heterocycles. The van der Waals surface area contributed by atoms with Gasteiger partial charge in [-0.25, -0.2) is 9.79 Å². The van der Waals surface area contributed by atoms with Crippen LogP contribution in [0.4, 0.5) is 13.2 Å². The third kappa shape index (κ3) is 2.68. The lowest BCUT2D eigenvalue weighted by molar-refractivity contribution is -0.139. The third-order valence-electron chi connectivity index (χ3n) is 2.69. The van der Waals surface area contributed by atoms with Crippen molar-refractivity contribution in [2.45, 2.75) is 12.2 Å². The van der Waals surface area contributed by atoms with Gasteiger partial charge in [-0.15, -0.1) is 0 Å². The molecule has 0 fully saturated rings. The Labute approximate surface area is 111 Å². The monoisotopic (exact) mass is 289 g/mol. The number of carboxylic acids is 1. The highest BCUT2D eigenvalue weighted by Crippen LogP contribution is 2.37. The molecule has 1 aliphatic rings. The fourth-order valence-corrected chi connectivity index (χ4v) is 1.72. The molecular weight excluding hydrogens is 279 g/mol. The average Bonchev–Trinajstić information content (AvgIpc) is 2.86. The molecule has 1 aromatic carbocycles. The Morgan fingerprint density at radius 1 is 1.50 bits per heavy atom. The van der Waals surface area contributed by atoms with Crippen molar-refractivity contribution in [1.29, 1.82) is 0 Å². The lowest BCUT2D eigenvalue weighted by atomic mass is 10.1. The molecule has 1 aromatic rings. The average molecular weight is 289 g/mol. The minimum atomic E-state index is -4.59. The van der Waals surface area contributed by atoms with Crippen molar-refractivity contribution in [3.05, 3.63) is 29.3 Å². The van der Waals surface area contributed by atoms with Crippen LogP contribution < -0.4 is 4.74 Å². The molecule has 0 aromatic heterocycles. The molecule has 1 N–H and O–H groups in total. The van der Waals surface area contributed by atoms with E-state index >= 15 is 0 Å². The maximum atomic E-state index is 12.9. The molecule has 1 aliphatic heterocycles. The van der Waals surface area contributed by atoms with Gasteiger partial charge in [0.15, 0.2) is 6.04 Å². The van der Waals surface area contributed by atoms with E-state index in [0.29, 0.717) is 0 Å². The van der Waals surface area contributed by atoms with Crippen LogP contribution in [-0.4, -0.2) is 36.7 Å². The Morgan fingerprint density at radius 3 is 2.70 bits per heavy atom. The van der Waals surface area contributed by atoms with Gasteiger partial charge in [-0.1, -0.05) is 0 Å². The van der Waals surface area contributed by atoms with E-state index < -0.39 is 23.8 Å². The van der Waals surface area contributed by atoms with Crippen LogP contribution >= 0.6 is 0 Å².